The van der Waals surface area contributed by atoms with E-state index in [1.807, 2.05) is 0 Å². The summed E-state index contributed by atoms with van der Waals surface area (Å²) < 4.78 is 5.72. The van der Waals surface area contributed by atoms with Gasteiger partial charge in [-0.05, 0) is 80.1 Å². The number of rotatable bonds is 8. The van der Waals surface area contributed by atoms with Crippen molar-refractivity contribution in [2.24, 2.45) is 22.7 Å². The van der Waals surface area contributed by atoms with Crippen LogP contribution in [0.4, 0.5) is 0 Å². The first-order chi connectivity index (χ1) is 15.9. The number of aromatic hydroxyl groups is 1. The minimum Gasteiger partial charge on any atom is -0.508 e. The van der Waals surface area contributed by atoms with Crippen molar-refractivity contribution in [2.45, 2.75) is 71.0 Å². The number of phenols is 1. The third-order valence-electron chi connectivity index (χ3n) is 8.63. The molecule has 186 valence electrons. The zero-order valence-electron chi connectivity index (χ0n) is 20.8. The molecule has 0 radical (unpaired) electrons. The number of hydrogen-bond acceptors (Lipinski definition) is 5. The summed E-state index contributed by atoms with van der Waals surface area (Å²) in [4.78, 5) is 12.5. The average Bonchev–Trinajstić information content (AvgIpc) is 2.79. The second-order valence-electron chi connectivity index (χ2n) is 11.0. The third-order valence-corrected chi connectivity index (χ3v) is 8.63. The molecule has 3 rings (SSSR count). The number of hydrogen-bond donors (Lipinski definition) is 3. The maximum Gasteiger partial charge on any atom is 0.330 e. The van der Waals surface area contributed by atoms with Gasteiger partial charge in [0.1, 0.15) is 5.75 Å². The van der Waals surface area contributed by atoms with Crippen LogP contribution in [0.1, 0.15) is 64.9 Å². The van der Waals surface area contributed by atoms with Crippen LogP contribution >= 0.6 is 0 Å². The van der Waals surface area contributed by atoms with Crippen LogP contribution in [0.25, 0.3) is 6.08 Å². The van der Waals surface area contributed by atoms with E-state index < -0.39 is 17.7 Å². The van der Waals surface area contributed by atoms with E-state index in [2.05, 4.69) is 27.0 Å². The molecule has 0 bridgehead atoms. The summed E-state index contributed by atoms with van der Waals surface area (Å²) in [6.45, 7) is 14.3. The van der Waals surface area contributed by atoms with Gasteiger partial charge in [0.05, 0.1) is 18.3 Å². The Balaban J connectivity index is 1.75. The largest absolute Gasteiger partial charge is 0.508 e. The first kappa shape index (κ1) is 26.2. The van der Waals surface area contributed by atoms with E-state index in [1.54, 1.807) is 43.3 Å². The molecular formula is C29H40O5. The minimum absolute atomic E-state index is 0.102. The summed E-state index contributed by atoms with van der Waals surface area (Å²) in [5.74, 6) is -0.229. The van der Waals surface area contributed by atoms with Gasteiger partial charge in [-0.15, -0.1) is 0 Å². The maximum atomic E-state index is 12.5. The number of aliphatic hydroxyl groups is 2. The number of phenolic OH excluding ortho intramolecular Hbond substituents is 1. The summed E-state index contributed by atoms with van der Waals surface area (Å²) in [6, 6.07) is 6.59. The van der Waals surface area contributed by atoms with Gasteiger partial charge in [0.15, 0.2) is 0 Å². The summed E-state index contributed by atoms with van der Waals surface area (Å²) in [7, 11) is 0. The molecule has 1 aromatic rings. The Kier molecular flexibility index (Phi) is 7.79. The second kappa shape index (κ2) is 10.1. The molecule has 1 aromatic carbocycles. The molecule has 0 heterocycles. The third kappa shape index (κ3) is 5.31. The highest BCUT2D eigenvalue weighted by molar-refractivity contribution is 5.87. The molecule has 5 nitrogen and oxygen atoms in total. The van der Waals surface area contributed by atoms with Crippen LogP contribution in [0.15, 0.2) is 55.1 Å². The van der Waals surface area contributed by atoms with Crippen LogP contribution in [-0.4, -0.2) is 39.6 Å². The SMILES string of the molecule is C=CC(=C)CCC1C(C)(O)C(O)CC2C(C)(COC(=O)C=Cc3ccc(O)cc3)CCCC21C. The Hall–Kier alpha value is -2.37. The molecule has 34 heavy (non-hydrogen) atoms. The smallest absolute Gasteiger partial charge is 0.330 e. The Morgan fingerprint density at radius 3 is 2.53 bits per heavy atom. The van der Waals surface area contributed by atoms with Crippen molar-refractivity contribution in [2.75, 3.05) is 6.61 Å². The van der Waals surface area contributed by atoms with E-state index in [-0.39, 0.29) is 35.0 Å². The predicted molar refractivity (Wildman–Crippen MR) is 135 cm³/mol. The van der Waals surface area contributed by atoms with Gasteiger partial charge in [0.2, 0.25) is 0 Å². The van der Waals surface area contributed by atoms with E-state index >= 15 is 0 Å². The van der Waals surface area contributed by atoms with Crippen molar-refractivity contribution >= 4 is 12.0 Å². The van der Waals surface area contributed by atoms with Crippen LogP contribution in [0.3, 0.4) is 0 Å². The van der Waals surface area contributed by atoms with E-state index in [0.717, 1.165) is 43.2 Å². The zero-order valence-corrected chi connectivity index (χ0v) is 20.8. The minimum atomic E-state index is -1.19. The number of benzene rings is 1. The number of ether oxygens (including phenoxy) is 1. The predicted octanol–water partition coefficient (Wildman–Crippen LogP) is 5.42. The van der Waals surface area contributed by atoms with Crippen molar-refractivity contribution in [3.63, 3.8) is 0 Å². The van der Waals surface area contributed by atoms with E-state index in [4.69, 9.17) is 4.74 Å². The lowest BCUT2D eigenvalue weighted by Gasteiger charge is -2.63. The molecule has 6 unspecified atom stereocenters. The van der Waals surface area contributed by atoms with Crippen LogP contribution in [0.2, 0.25) is 0 Å². The van der Waals surface area contributed by atoms with Gasteiger partial charge in [0, 0.05) is 11.5 Å². The summed E-state index contributed by atoms with van der Waals surface area (Å²) in [6.07, 6.45) is 8.79. The Bertz CT molecular complexity index is 930. The lowest BCUT2D eigenvalue weighted by atomic mass is 9.44. The molecule has 0 spiro atoms. The van der Waals surface area contributed by atoms with Gasteiger partial charge in [0.25, 0.3) is 0 Å². The lowest BCUT2D eigenvalue weighted by Crippen LogP contribution is -2.64. The van der Waals surface area contributed by atoms with Crippen molar-refractivity contribution < 1.29 is 24.9 Å². The Morgan fingerprint density at radius 2 is 1.88 bits per heavy atom. The van der Waals surface area contributed by atoms with E-state index in [1.165, 1.54) is 6.08 Å². The molecule has 2 fully saturated rings. The van der Waals surface area contributed by atoms with Crippen molar-refractivity contribution in [1.82, 2.24) is 0 Å². The topological polar surface area (TPSA) is 87.0 Å². The fourth-order valence-corrected chi connectivity index (χ4v) is 6.61. The number of carbonyl (C=O) groups excluding carboxylic acids is 1. The average molecular weight is 469 g/mol. The van der Waals surface area contributed by atoms with Gasteiger partial charge in [-0.2, -0.15) is 0 Å². The van der Waals surface area contributed by atoms with E-state index in [9.17, 15) is 20.1 Å². The molecular weight excluding hydrogens is 428 g/mol. The Labute approximate surface area is 203 Å². The standard InChI is InChI=1S/C29H40O5/c1-6-20(2)8-14-23-28(4)17-7-16-27(3,24(28)18-25(31)29(23,5)33)19-34-26(32)15-11-21-9-12-22(30)13-10-21/h6,9-13,15,23-25,30-31,33H,1-2,7-8,14,16-19H2,3-5H3. The van der Waals surface area contributed by atoms with Crippen molar-refractivity contribution in [1.29, 1.82) is 0 Å². The molecule has 6 atom stereocenters. The van der Waals surface area contributed by atoms with Crippen LogP contribution in [-0.2, 0) is 9.53 Å². The fraction of sp³-hybridized carbons (Fsp3) is 0.552. The first-order valence-corrected chi connectivity index (χ1v) is 12.3. The number of fused-ring (bicyclic) bond motifs is 1. The molecule has 0 amide bonds. The van der Waals surface area contributed by atoms with Gasteiger partial charge in [-0.3, -0.25) is 0 Å². The molecule has 3 N–H and O–H groups in total. The number of carbonyl (C=O) groups is 1. The second-order valence-corrected chi connectivity index (χ2v) is 11.0. The molecule has 0 saturated heterocycles. The number of esters is 1. The van der Waals surface area contributed by atoms with Crippen molar-refractivity contribution in [3.8, 4) is 5.75 Å². The highest BCUT2D eigenvalue weighted by Crippen LogP contribution is 2.63. The zero-order chi connectivity index (χ0) is 25.1. The lowest BCUT2D eigenvalue weighted by molar-refractivity contribution is -0.228. The highest BCUT2D eigenvalue weighted by atomic mass is 16.5. The first-order valence-electron chi connectivity index (χ1n) is 12.3. The molecule has 2 aliphatic rings. The maximum absolute atomic E-state index is 12.5. The quantitative estimate of drug-likeness (QED) is 0.270. The Morgan fingerprint density at radius 1 is 1.21 bits per heavy atom. The van der Waals surface area contributed by atoms with Gasteiger partial charge < -0.3 is 20.1 Å². The van der Waals surface area contributed by atoms with Crippen molar-refractivity contribution in [3.05, 3.63) is 60.7 Å². The summed E-state index contributed by atoms with van der Waals surface area (Å²) in [5.41, 5.74) is 0.0666. The van der Waals surface area contributed by atoms with Gasteiger partial charge in [-0.1, -0.05) is 57.2 Å². The van der Waals surface area contributed by atoms with Crippen LogP contribution in [0, 0.1) is 22.7 Å². The summed E-state index contributed by atoms with van der Waals surface area (Å²) in [5, 5.41) is 31.7. The normalized spacial score (nSPS) is 35.5. The fourth-order valence-electron chi connectivity index (χ4n) is 6.61. The highest BCUT2D eigenvalue weighted by Gasteiger charge is 2.62. The van der Waals surface area contributed by atoms with Gasteiger partial charge in [-0.25, -0.2) is 4.79 Å². The number of aliphatic hydroxyl groups excluding tert-OH is 1. The molecule has 5 heteroatoms. The monoisotopic (exact) mass is 468 g/mol. The number of allylic oxidation sites excluding steroid dienone is 2. The molecule has 2 aliphatic carbocycles. The molecule has 0 aromatic heterocycles. The van der Waals surface area contributed by atoms with Crippen LogP contribution in [0.5, 0.6) is 5.75 Å². The molecule has 0 aliphatic heterocycles. The molecule has 2 saturated carbocycles. The van der Waals surface area contributed by atoms with E-state index in [0.29, 0.717) is 6.42 Å². The van der Waals surface area contributed by atoms with Gasteiger partial charge >= 0.3 is 5.97 Å². The van der Waals surface area contributed by atoms with Crippen LogP contribution < -0.4 is 0 Å². The summed E-state index contributed by atoms with van der Waals surface area (Å²) >= 11 is 0.